The molecule has 0 unspecified atom stereocenters. The number of hydrogen-bond donors (Lipinski definition) is 0. The van der Waals surface area contributed by atoms with Gasteiger partial charge in [-0.1, -0.05) is 36.9 Å². The van der Waals surface area contributed by atoms with Crippen LogP contribution in [0, 0.1) is 0 Å². The van der Waals surface area contributed by atoms with Gasteiger partial charge in [0, 0.05) is 25.1 Å². The van der Waals surface area contributed by atoms with Gasteiger partial charge in [-0.05, 0) is 48.7 Å². The number of fused-ring (bicyclic) bond motifs is 1. The van der Waals surface area contributed by atoms with E-state index in [-0.39, 0.29) is 5.91 Å². The van der Waals surface area contributed by atoms with E-state index in [1.54, 1.807) is 23.5 Å². The van der Waals surface area contributed by atoms with E-state index in [1.807, 2.05) is 41.3 Å². The number of piperidine rings is 1. The summed E-state index contributed by atoms with van der Waals surface area (Å²) in [6.45, 7) is 5.68. The number of hydrogen-bond acceptors (Lipinski definition) is 4. The Hall–Kier alpha value is -2.92. The number of para-hydroxylation sites is 1. The largest absolute Gasteiger partial charge is 0.490 e. The maximum Gasteiger partial charge on any atom is 0.246 e. The number of ether oxygens (including phenoxy) is 1. The van der Waals surface area contributed by atoms with Crippen molar-refractivity contribution in [1.82, 2.24) is 9.88 Å². The standard InChI is InChI=1S/C24H24N2O2S/c1-2-17-28-20-10-7-18(8-11-20)9-12-23(27)26-15-13-19(14-16-26)24-25-21-5-3-4-6-22(21)29-24/h2-12,19H,1,13-17H2/b12-9+. The van der Waals surface area contributed by atoms with Gasteiger partial charge in [-0.2, -0.15) is 0 Å². The van der Waals surface area contributed by atoms with Crippen molar-refractivity contribution in [3.63, 3.8) is 0 Å². The smallest absolute Gasteiger partial charge is 0.246 e. The van der Waals surface area contributed by atoms with E-state index in [4.69, 9.17) is 9.72 Å². The zero-order valence-corrected chi connectivity index (χ0v) is 17.1. The fourth-order valence-corrected chi connectivity index (χ4v) is 4.65. The predicted octanol–water partition coefficient (Wildman–Crippen LogP) is 5.28. The monoisotopic (exact) mass is 404 g/mol. The molecular weight excluding hydrogens is 380 g/mol. The highest BCUT2D eigenvalue weighted by Gasteiger charge is 2.25. The van der Waals surface area contributed by atoms with E-state index in [2.05, 4.69) is 24.8 Å². The van der Waals surface area contributed by atoms with Gasteiger partial charge in [0.2, 0.25) is 5.91 Å². The molecule has 1 aliphatic rings. The molecule has 1 amide bonds. The molecule has 0 radical (unpaired) electrons. The summed E-state index contributed by atoms with van der Waals surface area (Å²) in [5.41, 5.74) is 2.06. The van der Waals surface area contributed by atoms with Crippen LogP contribution in [0.4, 0.5) is 0 Å². The van der Waals surface area contributed by atoms with Crippen molar-refractivity contribution in [3.05, 3.63) is 77.8 Å². The quantitative estimate of drug-likeness (QED) is 0.415. The van der Waals surface area contributed by atoms with Gasteiger partial charge in [0.05, 0.1) is 15.2 Å². The van der Waals surface area contributed by atoms with Gasteiger partial charge in [0.15, 0.2) is 0 Å². The molecule has 0 N–H and O–H groups in total. The Bertz CT molecular complexity index is 982. The van der Waals surface area contributed by atoms with Crippen LogP contribution in [-0.2, 0) is 4.79 Å². The minimum absolute atomic E-state index is 0.0692. The van der Waals surface area contributed by atoms with Crippen LogP contribution in [0.1, 0.15) is 29.3 Å². The Balaban J connectivity index is 1.31. The van der Waals surface area contributed by atoms with Crippen molar-refractivity contribution in [1.29, 1.82) is 0 Å². The molecule has 1 fully saturated rings. The highest BCUT2D eigenvalue weighted by atomic mass is 32.1. The summed E-state index contributed by atoms with van der Waals surface area (Å²) in [5, 5.41) is 1.20. The summed E-state index contributed by atoms with van der Waals surface area (Å²) in [4.78, 5) is 19.3. The van der Waals surface area contributed by atoms with E-state index >= 15 is 0 Å². The minimum Gasteiger partial charge on any atom is -0.490 e. The van der Waals surface area contributed by atoms with Gasteiger partial charge in [0.25, 0.3) is 0 Å². The molecule has 1 aliphatic heterocycles. The van der Waals surface area contributed by atoms with Crippen LogP contribution in [0.2, 0.25) is 0 Å². The molecule has 0 atom stereocenters. The van der Waals surface area contributed by atoms with Crippen LogP contribution in [0.15, 0.2) is 67.3 Å². The summed E-state index contributed by atoms with van der Waals surface area (Å²) in [5.74, 6) is 1.31. The van der Waals surface area contributed by atoms with Crippen molar-refractivity contribution in [3.8, 4) is 5.75 Å². The maximum atomic E-state index is 12.6. The molecule has 148 valence electrons. The lowest BCUT2D eigenvalue weighted by Gasteiger charge is -2.30. The van der Waals surface area contributed by atoms with Crippen molar-refractivity contribution < 1.29 is 9.53 Å². The summed E-state index contributed by atoms with van der Waals surface area (Å²) < 4.78 is 6.72. The molecule has 3 aromatic rings. The van der Waals surface area contributed by atoms with Crippen LogP contribution in [0.25, 0.3) is 16.3 Å². The van der Waals surface area contributed by atoms with Crippen LogP contribution in [0.3, 0.4) is 0 Å². The average molecular weight is 405 g/mol. The van der Waals surface area contributed by atoms with E-state index in [9.17, 15) is 4.79 Å². The lowest BCUT2D eigenvalue weighted by atomic mass is 9.97. The van der Waals surface area contributed by atoms with Crippen molar-refractivity contribution in [2.24, 2.45) is 0 Å². The van der Waals surface area contributed by atoms with Gasteiger partial charge in [0.1, 0.15) is 12.4 Å². The summed E-state index contributed by atoms with van der Waals surface area (Å²) in [6.07, 6.45) is 7.17. The lowest BCUT2D eigenvalue weighted by molar-refractivity contribution is -0.126. The number of thiazole rings is 1. The number of carbonyl (C=O) groups is 1. The van der Waals surface area contributed by atoms with Crippen molar-refractivity contribution in [2.75, 3.05) is 19.7 Å². The first-order valence-electron chi connectivity index (χ1n) is 9.89. The number of amides is 1. The zero-order valence-electron chi connectivity index (χ0n) is 16.3. The first kappa shape index (κ1) is 19.4. The molecule has 4 nitrogen and oxygen atoms in total. The third-order valence-corrected chi connectivity index (χ3v) is 6.33. The van der Waals surface area contributed by atoms with E-state index < -0.39 is 0 Å². The second-order valence-electron chi connectivity index (χ2n) is 7.12. The summed E-state index contributed by atoms with van der Waals surface area (Å²) >= 11 is 1.78. The molecule has 5 heteroatoms. The molecule has 2 heterocycles. The Morgan fingerprint density at radius 3 is 2.66 bits per heavy atom. The van der Waals surface area contributed by atoms with Crippen LogP contribution < -0.4 is 4.74 Å². The Kier molecular flexibility index (Phi) is 6.06. The molecule has 0 saturated carbocycles. The van der Waals surface area contributed by atoms with Gasteiger partial charge in [-0.25, -0.2) is 4.98 Å². The third-order valence-electron chi connectivity index (χ3n) is 5.13. The van der Waals surface area contributed by atoms with Crippen LogP contribution in [0.5, 0.6) is 5.75 Å². The summed E-state index contributed by atoms with van der Waals surface area (Å²) in [7, 11) is 0. The van der Waals surface area contributed by atoms with Gasteiger partial charge in [-0.15, -0.1) is 11.3 Å². The molecule has 29 heavy (non-hydrogen) atoms. The highest BCUT2D eigenvalue weighted by Crippen LogP contribution is 2.33. The normalized spacial score (nSPS) is 15.1. The Labute approximate surface area is 175 Å². The minimum atomic E-state index is 0.0692. The molecule has 1 saturated heterocycles. The van der Waals surface area contributed by atoms with E-state index in [0.717, 1.165) is 42.8 Å². The Morgan fingerprint density at radius 2 is 1.93 bits per heavy atom. The zero-order chi connectivity index (χ0) is 20.1. The topological polar surface area (TPSA) is 42.4 Å². The van der Waals surface area contributed by atoms with Crippen molar-refractivity contribution >= 4 is 33.5 Å². The highest BCUT2D eigenvalue weighted by molar-refractivity contribution is 7.18. The van der Waals surface area contributed by atoms with Gasteiger partial charge < -0.3 is 9.64 Å². The molecule has 0 aliphatic carbocycles. The van der Waals surface area contributed by atoms with E-state index in [1.165, 1.54) is 9.71 Å². The molecule has 0 bridgehead atoms. The van der Waals surface area contributed by atoms with Crippen LogP contribution in [-0.4, -0.2) is 35.5 Å². The number of likely N-dealkylation sites (tertiary alicyclic amines) is 1. The fraction of sp³-hybridized carbons (Fsp3) is 0.250. The lowest BCUT2D eigenvalue weighted by Crippen LogP contribution is -2.36. The molecule has 1 aromatic heterocycles. The summed E-state index contributed by atoms with van der Waals surface area (Å²) in [6, 6.07) is 16.0. The number of rotatable bonds is 6. The van der Waals surface area contributed by atoms with Crippen LogP contribution >= 0.6 is 11.3 Å². The SMILES string of the molecule is C=CCOc1ccc(/C=C/C(=O)N2CCC(c3nc4ccccc4s3)CC2)cc1. The molecule has 2 aromatic carbocycles. The second kappa shape index (κ2) is 9.05. The molecule has 0 spiro atoms. The number of benzene rings is 2. The molecule has 4 rings (SSSR count). The van der Waals surface area contributed by atoms with Crippen molar-refractivity contribution in [2.45, 2.75) is 18.8 Å². The number of carbonyl (C=O) groups excluding carboxylic acids is 1. The van der Waals surface area contributed by atoms with Gasteiger partial charge >= 0.3 is 0 Å². The van der Waals surface area contributed by atoms with Gasteiger partial charge in [-0.3, -0.25) is 4.79 Å². The molecular formula is C24H24N2O2S. The number of aromatic nitrogens is 1. The van der Waals surface area contributed by atoms with E-state index in [0.29, 0.717) is 12.5 Å². The first-order chi connectivity index (χ1) is 14.2. The number of nitrogens with zero attached hydrogens (tertiary/aromatic N) is 2. The second-order valence-corrected chi connectivity index (χ2v) is 8.18. The third kappa shape index (κ3) is 4.74. The maximum absolute atomic E-state index is 12.6. The Morgan fingerprint density at radius 1 is 1.17 bits per heavy atom. The fourth-order valence-electron chi connectivity index (χ4n) is 3.51. The average Bonchev–Trinajstić information content (AvgIpc) is 3.21. The first-order valence-corrected chi connectivity index (χ1v) is 10.7. The predicted molar refractivity (Wildman–Crippen MR) is 119 cm³/mol.